The van der Waals surface area contributed by atoms with Crippen molar-refractivity contribution in [3.63, 3.8) is 0 Å². The Morgan fingerprint density at radius 3 is 1.22 bits per heavy atom. The Kier molecular flexibility index (Phi) is 4.57. The van der Waals surface area contributed by atoms with Crippen molar-refractivity contribution >= 4 is 55.8 Å². The van der Waals surface area contributed by atoms with E-state index in [1.165, 1.54) is 0 Å². The van der Waals surface area contributed by atoms with Crippen LogP contribution in [-0.4, -0.2) is 9.97 Å². The molecule has 32 heavy (non-hydrogen) atoms. The highest BCUT2D eigenvalue weighted by molar-refractivity contribution is 6.38. The highest BCUT2D eigenvalue weighted by Crippen LogP contribution is 2.37. The highest BCUT2D eigenvalue weighted by atomic mass is 35.5. The predicted octanol–water partition coefficient (Wildman–Crippen LogP) is 8.58. The molecule has 2 nitrogen and oxygen atoms in total. The van der Waals surface area contributed by atoms with Crippen molar-refractivity contribution < 1.29 is 0 Å². The third-order valence-corrected chi connectivity index (χ3v) is 6.41. The van der Waals surface area contributed by atoms with E-state index < -0.39 is 0 Å². The Hall–Kier alpha value is -3.46. The summed E-state index contributed by atoms with van der Waals surface area (Å²) in [5.74, 6) is 0. The standard InChI is InChI=1S/C28H16Cl2N2/c29-23-15-25(17-7-3-1-4-8-17)31-27-19-11-14-22-24(30)16-26(18-9-5-2-6-10-18)32-28(22)20(19)12-13-21(23)27/h1-16H. The molecule has 0 fully saturated rings. The van der Waals surface area contributed by atoms with Crippen molar-refractivity contribution in [2.24, 2.45) is 0 Å². The quantitative estimate of drug-likeness (QED) is 0.247. The van der Waals surface area contributed by atoms with Crippen molar-refractivity contribution in [3.05, 3.63) is 107 Å². The van der Waals surface area contributed by atoms with E-state index in [-0.39, 0.29) is 0 Å². The van der Waals surface area contributed by atoms with Crippen LogP contribution in [0.15, 0.2) is 97.1 Å². The van der Waals surface area contributed by atoms with E-state index in [2.05, 4.69) is 12.1 Å². The topological polar surface area (TPSA) is 25.8 Å². The molecular weight excluding hydrogens is 435 g/mol. The van der Waals surface area contributed by atoms with Crippen molar-refractivity contribution in [2.45, 2.75) is 0 Å². The Morgan fingerprint density at radius 1 is 0.438 bits per heavy atom. The molecule has 2 aromatic heterocycles. The zero-order chi connectivity index (χ0) is 21.7. The lowest BCUT2D eigenvalue weighted by Gasteiger charge is -2.12. The smallest absolute Gasteiger partial charge is 0.0803 e. The molecule has 0 amide bonds. The van der Waals surface area contributed by atoms with Gasteiger partial charge in [0.2, 0.25) is 0 Å². The largest absolute Gasteiger partial charge is 0.247 e. The fourth-order valence-corrected chi connectivity index (χ4v) is 4.73. The van der Waals surface area contributed by atoms with Crippen LogP contribution >= 0.6 is 23.2 Å². The number of benzene rings is 4. The first-order valence-electron chi connectivity index (χ1n) is 10.3. The Bertz CT molecular complexity index is 1500. The van der Waals surface area contributed by atoms with Gasteiger partial charge in [0.15, 0.2) is 0 Å². The summed E-state index contributed by atoms with van der Waals surface area (Å²) >= 11 is 13.4. The van der Waals surface area contributed by atoms with Crippen LogP contribution in [0.4, 0.5) is 0 Å². The van der Waals surface area contributed by atoms with E-state index in [1.54, 1.807) is 0 Å². The summed E-state index contributed by atoms with van der Waals surface area (Å²) in [5, 5.41) is 5.21. The summed E-state index contributed by atoms with van der Waals surface area (Å²) in [4.78, 5) is 10.00. The van der Waals surface area contributed by atoms with E-state index >= 15 is 0 Å². The molecule has 6 aromatic rings. The van der Waals surface area contributed by atoms with Crippen molar-refractivity contribution in [1.82, 2.24) is 9.97 Å². The number of rotatable bonds is 2. The first-order chi connectivity index (χ1) is 15.7. The zero-order valence-electron chi connectivity index (χ0n) is 16.9. The maximum atomic E-state index is 6.68. The van der Waals surface area contributed by atoms with Gasteiger partial charge in [0, 0.05) is 32.7 Å². The van der Waals surface area contributed by atoms with E-state index in [1.807, 2.05) is 84.9 Å². The number of fused-ring (bicyclic) bond motifs is 5. The third kappa shape index (κ3) is 3.12. The second-order valence-electron chi connectivity index (χ2n) is 7.73. The van der Waals surface area contributed by atoms with Crippen LogP contribution in [0.1, 0.15) is 0 Å². The first-order valence-corrected chi connectivity index (χ1v) is 11.1. The number of hydrogen-bond donors (Lipinski definition) is 0. The third-order valence-electron chi connectivity index (χ3n) is 5.79. The maximum Gasteiger partial charge on any atom is 0.0803 e. The fraction of sp³-hybridized carbons (Fsp3) is 0. The molecule has 152 valence electrons. The van der Waals surface area contributed by atoms with Crippen LogP contribution in [0.5, 0.6) is 0 Å². The highest BCUT2D eigenvalue weighted by Gasteiger charge is 2.14. The van der Waals surface area contributed by atoms with Crippen LogP contribution in [0.25, 0.3) is 55.1 Å². The molecule has 0 saturated carbocycles. The van der Waals surface area contributed by atoms with E-state index in [0.29, 0.717) is 10.0 Å². The summed E-state index contributed by atoms with van der Waals surface area (Å²) in [7, 11) is 0. The minimum atomic E-state index is 0.680. The van der Waals surface area contributed by atoms with Gasteiger partial charge in [0.25, 0.3) is 0 Å². The normalized spacial score (nSPS) is 11.4. The molecule has 4 heteroatoms. The Balaban J connectivity index is 1.68. The van der Waals surface area contributed by atoms with Gasteiger partial charge in [0.1, 0.15) is 0 Å². The summed E-state index contributed by atoms with van der Waals surface area (Å²) < 4.78 is 0. The Labute approximate surface area is 195 Å². The summed E-state index contributed by atoms with van der Waals surface area (Å²) in [6.07, 6.45) is 0. The number of halogens is 2. The van der Waals surface area contributed by atoms with Gasteiger partial charge in [-0.05, 0) is 12.1 Å². The lowest BCUT2D eigenvalue weighted by atomic mass is 10.0. The van der Waals surface area contributed by atoms with Crippen LogP contribution in [-0.2, 0) is 0 Å². The molecule has 0 aliphatic carbocycles. The van der Waals surface area contributed by atoms with Crippen molar-refractivity contribution in [3.8, 4) is 22.5 Å². The molecule has 2 heterocycles. The molecule has 0 unspecified atom stereocenters. The molecule has 0 aliphatic rings. The van der Waals surface area contributed by atoms with Crippen LogP contribution < -0.4 is 0 Å². The second kappa shape index (κ2) is 7.59. The molecule has 0 radical (unpaired) electrons. The van der Waals surface area contributed by atoms with Crippen LogP contribution in [0, 0.1) is 0 Å². The molecule has 0 atom stereocenters. The lowest BCUT2D eigenvalue weighted by molar-refractivity contribution is 1.40. The van der Waals surface area contributed by atoms with Crippen molar-refractivity contribution in [2.75, 3.05) is 0 Å². The summed E-state index contributed by atoms with van der Waals surface area (Å²) in [6, 6.07) is 32.2. The van der Waals surface area contributed by atoms with Gasteiger partial charge in [-0.25, -0.2) is 9.97 Å². The molecule has 0 N–H and O–H groups in total. The fourth-order valence-electron chi connectivity index (χ4n) is 4.21. The molecule has 0 bridgehead atoms. The average Bonchev–Trinajstić information content (AvgIpc) is 2.84. The first kappa shape index (κ1) is 19.2. The van der Waals surface area contributed by atoms with Gasteiger partial charge in [-0.3, -0.25) is 0 Å². The molecule has 0 saturated heterocycles. The maximum absolute atomic E-state index is 6.68. The van der Waals surface area contributed by atoms with Gasteiger partial charge >= 0.3 is 0 Å². The van der Waals surface area contributed by atoms with Gasteiger partial charge < -0.3 is 0 Å². The molecule has 0 spiro atoms. The molecule has 4 aromatic carbocycles. The van der Waals surface area contributed by atoms with Crippen LogP contribution in [0.2, 0.25) is 10.0 Å². The number of aromatic nitrogens is 2. The number of hydrogen-bond acceptors (Lipinski definition) is 2. The van der Waals surface area contributed by atoms with Crippen LogP contribution in [0.3, 0.4) is 0 Å². The zero-order valence-corrected chi connectivity index (χ0v) is 18.4. The van der Waals surface area contributed by atoms with Gasteiger partial charge in [-0.15, -0.1) is 0 Å². The van der Waals surface area contributed by atoms with Gasteiger partial charge in [-0.1, -0.05) is 108 Å². The van der Waals surface area contributed by atoms with Gasteiger partial charge in [-0.2, -0.15) is 0 Å². The van der Waals surface area contributed by atoms with E-state index in [4.69, 9.17) is 33.2 Å². The summed E-state index contributed by atoms with van der Waals surface area (Å²) in [6.45, 7) is 0. The number of nitrogens with zero attached hydrogens (tertiary/aromatic N) is 2. The molecular formula is C28H16Cl2N2. The van der Waals surface area contributed by atoms with Gasteiger partial charge in [0.05, 0.1) is 32.5 Å². The average molecular weight is 451 g/mol. The Morgan fingerprint density at radius 2 is 0.812 bits per heavy atom. The lowest BCUT2D eigenvalue weighted by Crippen LogP contribution is -1.91. The SMILES string of the molecule is Clc1cc(-c2ccccc2)nc2c1ccc1c2ccc2c(Cl)cc(-c3ccccc3)nc21. The number of pyridine rings is 2. The molecule has 0 aliphatic heterocycles. The minimum absolute atomic E-state index is 0.680. The predicted molar refractivity (Wildman–Crippen MR) is 135 cm³/mol. The summed E-state index contributed by atoms with van der Waals surface area (Å²) in [5.41, 5.74) is 5.47. The minimum Gasteiger partial charge on any atom is -0.247 e. The monoisotopic (exact) mass is 450 g/mol. The van der Waals surface area contributed by atoms with E-state index in [0.717, 1.165) is 55.1 Å². The van der Waals surface area contributed by atoms with E-state index in [9.17, 15) is 0 Å². The second-order valence-corrected chi connectivity index (χ2v) is 8.54. The molecule has 6 rings (SSSR count). The van der Waals surface area contributed by atoms with Crippen molar-refractivity contribution in [1.29, 1.82) is 0 Å².